The number of carbonyl (C=O) groups is 1. The molecule has 6 heteroatoms. The van der Waals surface area contributed by atoms with E-state index in [0.29, 0.717) is 18.8 Å². The molecular weight excluding hydrogens is 354 g/mol. The van der Waals surface area contributed by atoms with Crippen molar-refractivity contribution in [3.8, 4) is 5.75 Å². The molecule has 1 aromatic heterocycles. The first-order valence-electron chi connectivity index (χ1n) is 9.27. The molecule has 0 unspecified atom stereocenters. The predicted octanol–water partition coefficient (Wildman–Crippen LogP) is 3.04. The summed E-state index contributed by atoms with van der Waals surface area (Å²) >= 11 is 0. The van der Waals surface area contributed by atoms with E-state index in [4.69, 9.17) is 4.74 Å². The number of nitrogens with one attached hydrogen (secondary N) is 1. The fourth-order valence-corrected chi connectivity index (χ4v) is 3.09. The van der Waals surface area contributed by atoms with Crippen LogP contribution in [0.4, 0.5) is 0 Å². The molecule has 6 nitrogen and oxygen atoms in total. The molecule has 0 radical (unpaired) electrons. The lowest BCUT2D eigenvalue weighted by Crippen LogP contribution is -2.29. The molecule has 0 saturated heterocycles. The van der Waals surface area contributed by atoms with Crippen LogP contribution in [0.15, 0.2) is 41.2 Å². The van der Waals surface area contributed by atoms with Crippen LogP contribution in [0, 0.1) is 20.8 Å². The second-order valence-corrected chi connectivity index (χ2v) is 6.95. The molecule has 3 rings (SSSR count). The summed E-state index contributed by atoms with van der Waals surface area (Å²) < 4.78 is 6.78. The second kappa shape index (κ2) is 8.25. The average Bonchev–Trinajstić information content (AvgIpc) is 2.69. The first-order valence-corrected chi connectivity index (χ1v) is 9.27. The number of nitrogens with zero attached hydrogens (tertiary/aromatic N) is 2. The highest BCUT2D eigenvalue weighted by Gasteiger charge is 2.11. The Kier molecular flexibility index (Phi) is 5.78. The highest BCUT2D eigenvalue weighted by atomic mass is 16.5. The van der Waals surface area contributed by atoms with E-state index in [0.717, 1.165) is 33.5 Å². The predicted molar refractivity (Wildman–Crippen MR) is 110 cm³/mol. The Labute approximate surface area is 164 Å². The number of amides is 1. The zero-order valence-corrected chi connectivity index (χ0v) is 16.7. The Balaban J connectivity index is 1.71. The zero-order chi connectivity index (χ0) is 20.3. The van der Waals surface area contributed by atoms with Gasteiger partial charge in [0.25, 0.3) is 5.56 Å². The van der Waals surface area contributed by atoms with Gasteiger partial charge in [-0.1, -0.05) is 12.1 Å². The van der Waals surface area contributed by atoms with Gasteiger partial charge in [-0.15, -0.1) is 0 Å². The van der Waals surface area contributed by atoms with E-state index in [-0.39, 0.29) is 17.9 Å². The molecule has 0 aliphatic rings. The van der Waals surface area contributed by atoms with Crippen LogP contribution in [-0.2, 0) is 17.9 Å². The number of benzene rings is 2. The van der Waals surface area contributed by atoms with Gasteiger partial charge in [-0.3, -0.25) is 9.59 Å². The van der Waals surface area contributed by atoms with Crippen molar-refractivity contribution in [3.63, 3.8) is 0 Å². The van der Waals surface area contributed by atoms with Crippen molar-refractivity contribution in [1.29, 1.82) is 0 Å². The van der Waals surface area contributed by atoms with E-state index in [1.54, 1.807) is 18.6 Å². The minimum Gasteiger partial charge on any atom is -0.497 e. The van der Waals surface area contributed by atoms with Gasteiger partial charge in [0.2, 0.25) is 5.91 Å². The van der Waals surface area contributed by atoms with Crippen molar-refractivity contribution in [2.24, 2.45) is 0 Å². The van der Waals surface area contributed by atoms with E-state index >= 15 is 0 Å². The maximum absolute atomic E-state index is 12.6. The van der Waals surface area contributed by atoms with E-state index in [9.17, 15) is 9.59 Å². The van der Waals surface area contributed by atoms with Crippen molar-refractivity contribution in [2.75, 3.05) is 7.11 Å². The van der Waals surface area contributed by atoms with E-state index in [1.165, 1.54) is 0 Å². The van der Waals surface area contributed by atoms with Crippen LogP contribution in [0.25, 0.3) is 11.0 Å². The summed E-state index contributed by atoms with van der Waals surface area (Å²) in [6, 6.07) is 11.5. The summed E-state index contributed by atoms with van der Waals surface area (Å²) in [5.74, 6) is 0.675. The molecule has 1 heterocycles. The highest BCUT2D eigenvalue weighted by molar-refractivity contribution is 5.78. The van der Waals surface area contributed by atoms with Crippen LogP contribution in [0.2, 0.25) is 0 Å². The maximum Gasteiger partial charge on any atom is 0.272 e. The molecule has 28 heavy (non-hydrogen) atoms. The van der Waals surface area contributed by atoms with Gasteiger partial charge in [-0.05, 0) is 61.7 Å². The molecule has 3 aromatic rings. The number of methoxy groups -OCH3 is 1. The van der Waals surface area contributed by atoms with E-state index < -0.39 is 0 Å². The summed E-state index contributed by atoms with van der Waals surface area (Å²) in [5, 5.41) is 2.90. The number of hydrogen-bond donors (Lipinski definition) is 1. The van der Waals surface area contributed by atoms with Gasteiger partial charge in [0, 0.05) is 19.5 Å². The van der Waals surface area contributed by atoms with Crippen molar-refractivity contribution >= 4 is 16.9 Å². The van der Waals surface area contributed by atoms with Gasteiger partial charge < -0.3 is 14.6 Å². The molecule has 0 aliphatic heterocycles. The molecule has 0 saturated carbocycles. The smallest absolute Gasteiger partial charge is 0.272 e. The quantitative estimate of drug-likeness (QED) is 0.714. The van der Waals surface area contributed by atoms with E-state index in [1.807, 2.05) is 50.2 Å². The van der Waals surface area contributed by atoms with Gasteiger partial charge in [0.1, 0.15) is 11.4 Å². The van der Waals surface area contributed by atoms with Gasteiger partial charge in [0.15, 0.2) is 0 Å². The number of hydrogen-bond acceptors (Lipinski definition) is 4. The van der Waals surface area contributed by atoms with Crippen LogP contribution in [-0.4, -0.2) is 22.6 Å². The Bertz CT molecular complexity index is 1070. The van der Waals surface area contributed by atoms with E-state index in [2.05, 4.69) is 10.3 Å². The number of carbonyl (C=O) groups excluding carboxylic acids is 1. The van der Waals surface area contributed by atoms with Crippen molar-refractivity contribution in [3.05, 3.63) is 69.1 Å². The Morgan fingerprint density at radius 1 is 1.11 bits per heavy atom. The summed E-state index contributed by atoms with van der Waals surface area (Å²) in [6.45, 7) is 6.48. The SMILES string of the molecule is COc1ccc(CNC(=O)CCn2c(=O)c(C)nc3cc(C)c(C)cc32)cc1. The van der Waals surface area contributed by atoms with Crippen LogP contribution >= 0.6 is 0 Å². The van der Waals surface area contributed by atoms with Crippen molar-refractivity contribution in [2.45, 2.75) is 40.3 Å². The first kappa shape index (κ1) is 19.6. The Morgan fingerprint density at radius 2 is 1.79 bits per heavy atom. The lowest BCUT2D eigenvalue weighted by molar-refractivity contribution is -0.121. The molecule has 0 atom stereocenters. The fraction of sp³-hybridized carbons (Fsp3) is 0.318. The van der Waals surface area contributed by atoms with Crippen LogP contribution < -0.4 is 15.6 Å². The third kappa shape index (κ3) is 4.22. The third-order valence-corrected chi connectivity index (χ3v) is 4.94. The fourth-order valence-electron chi connectivity index (χ4n) is 3.09. The largest absolute Gasteiger partial charge is 0.497 e. The average molecular weight is 379 g/mol. The molecule has 146 valence electrons. The molecule has 0 bridgehead atoms. The molecule has 1 N–H and O–H groups in total. The Morgan fingerprint density at radius 3 is 2.46 bits per heavy atom. The maximum atomic E-state index is 12.6. The molecule has 2 aromatic carbocycles. The molecule has 1 amide bonds. The van der Waals surface area contributed by atoms with Crippen LogP contribution in [0.1, 0.15) is 28.8 Å². The normalized spacial score (nSPS) is 10.9. The number of aryl methyl sites for hydroxylation is 4. The summed E-state index contributed by atoms with van der Waals surface area (Å²) in [5.41, 5.74) is 5.04. The zero-order valence-electron chi connectivity index (χ0n) is 16.7. The Hall–Kier alpha value is -3.15. The highest BCUT2D eigenvalue weighted by Crippen LogP contribution is 2.17. The summed E-state index contributed by atoms with van der Waals surface area (Å²) in [4.78, 5) is 29.3. The number of rotatable bonds is 6. The number of ether oxygens (including phenoxy) is 1. The first-order chi connectivity index (χ1) is 13.4. The van der Waals surface area contributed by atoms with Gasteiger partial charge in [-0.25, -0.2) is 4.98 Å². The van der Waals surface area contributed by atoms with Gasteiger partial charge in [0.05, 0.1) is 18.1 Å². The van der Waals surface area contributed by atoms with Crippen LogP contribution in [0.3, 0.4) is 0 Å². The summed E-state index contributed by atoms with van der Waals surface area (Å²) in [6.07, 6.45) is 0.224. The van der Waals surface area contributed by atoms with Gasteiger partial charge >= 0.3 is 0 Å². The molecule has 0 spiro atoms. The monoisotopic (exact) mass is 379 g/mol. The minimum atomic E-state index is -0.154. The molecule has 0 aliphatic carbocycles. The lowest BCUT2D eigenvalue weighted by atomic mass is 10.1. The van der Waals surface area contributed by atoms with Crippen molar-refractivity contribution in [1.82, 2.24) is 14.9 Å². The van der Waals surface area contributed by atoms with Crippen LogP contribution in [0.5, 0.6) is 5.75 Å². The standard InChI is InChI=1S/C22H25N3O3/c1-14-11-19-20(12-15(14)2)25(22(27)16(3)24-19)10-9-21(26)23-13-17-5-7-18(28-4)8-6-17/h5-8,11-12H,9-10,13H2,1-4H3,(H,23,26). The molecular formula is C22H25N3O3. The van der Waals surface area contributed by atoms with Crippen molar-refractivity contribution < 1.29 is 9.53 Å². The topological polar surface area (TPSA) is 73.2 Å². The number of aromatic nitrogens is 2. The number of fused-ring (bicyclic) bond motifs is 1. The minimum absolute atomic E-state index is 0.103. The second-order valence-electron chi connectivity index (χ2n) is 6.95. The third-order valence-electron chi connectivity index (χ3n) is 4.94. The van der Waals surface area contributed by atoms with Gasteiger partial charge in [-0.2, -0.15) is 0 Å². The lowest BCUT2D eigenvalue weighted by Gasteiger charge is -2.13. The summed E-state index contributed by atoms with van der Waals surface area (Å²) in [7, 11) is 1.62. The molecule has 0 fully saturated rings.